The molecular formula is C20H19F2N3S. The summed E-state index contributed by atoms with van der Waals surface area (Å²) in [4.78, 5) is 0. The number of hydrogen-bond acceptors (Lipinski definition) is 3. The molecule has 0 atom stereocenters. The molecule has 0 aliphatic heterocycles. The van der Waals surface area contributed by atoms with Gasteiger partial charge in [0.05, 0.1) is 5.25 Å². The zero-order valence-electron chi connectivity index (χ0n) is 14.4. The van der Waals surface area contributed by atoms with Crippen LogP contribution in [0.3, 0.4) is 0 Å². The standard InChI is InChI=1S/C20H19F2N3S/c1-2-25-19(15-3-4-15)23-24-20(25)26-18(13-5-9-16(21)10-6-13)14-7-11-17(22)12-8-14/h5-12,15,18H,2-4H2,1H3. The summed E-state index contributed by atoms with van der Waals surface area (Å²) in [5.74, 6) is 1.02. The number of rotatable bonds is 6. The van der Waals surface area contributed by atoms with Crippen LogP contribution in [-0.4, -0.2) is 14.8 Å². The van der Waals surface area contributed by atoms with Crippen molar-refractivity contribution in [1.29, 1.82) is 0 Å². The minimum atomic E-state index is -0.274. The van der Waals surface area contributed by atoms with Crippen LogP contribution in [0.15, 0.2) is 53.7 Å². The first-order valence-electron chi connectivity index (χ1n) is 8.76. The van der Waals surface area contributed by atoms with E-state index in [2.05, 4.69) is 21.7 Å². The van der Waals surface area contributed by atoms with Crippen LogP contribution in [0.4, 0.5) is 8.78 Å². The molecule has 3 aromatic rings. The van der Waals surface area contributed by atoms with Gasteiger partial charge in [0.1, 0.15) is 17.5 Å². The van der Waals surface area contributed by atoms with Gasteiger partial charge in [0.2, 0.25) is 0 Å². The van der Waals surface area contributed by atoms with Gasteiger partial charge in [-0.3, -0.25) is 0 Å². The highest BCUT2D eigenvalue weighted by Gasteiger charge is 2.31. The zero-order valence-corrected chi connectivity index (χ0v) is 15.2. The Morgan fingerprint density at radius 2 is 1.50 bits per heavy atom. The van der Waals surface area contributed by atoms with Gasteiger partial charge in [-0.15, -0.1) is 10.2 Å². The molecule has 0 spiro atoms. The number of hydrogen-bond donors (Lipinski definition) is 0. The lowest BCUT2D eigenvalue weighted by molar-refractivity contribution is 0.626. The first-order chi connectivity index (χ1) is 12.7. The number of aromatic nitrogens is 3. The highest BCUT2D eigenvalue weighted by Crippen LogP contribution is 2.43. The van der Waals surface area contributed by atoms with E-state index in [4.69, 9.17) is 0 Å². The molecule has 134 valence electrons. The SMILES string of the molecule is CCn1c(SC(c2ccc(F)cc2)c2ccc(F)cc2)nnc1C1CC1. The molecule has 26 heavy (non-hydrogen) atoms. The van der Waals surface area contributed by atoms with E-state index in [1.807, 2.05) is 0 Å². The van der Waals surface area contributed by atoms with Crippen molar-refractivity contribution in [3.05, 3.63) is 77.1 Å². The Hall–Kier alpha value is -2.21. The molecule has 0 amide bonds. The molecule has 1 aromatic heterocycles. The van der Waals surface area contributed by atoms with E-state index < -0.39 is 0 Å². The summed E-state index contributed by atoms with van der Waals surface area (Å²) >= 11 is 1.57. The number of thioether (sulfide) groups is 1. The van der Waals surface area contributed by atoms with E-state index in [1.54, 1.807) is 36.0 Å². The topological polar surface area (TPSA) is 30.7 Å². The Balaban J connectivity index is 1.71. The molecule has 1 aliphatic carbocycles. The van der Waals surface area contributed by atoms with Gasteiger partial charge in [0.15, 0.2) is 5.16 Å². The summed E-state index contributed by atoms with van der Waals surface area (Å²) < 4.78 is 28.9. The van der Waals surface area contributed by atoms with Crippen molar-refractivity contribution in [2.45, 2.75) is 42.6 Å². The van der Waals surface area contributed by atoms with Gasteiger partial charge in [0.25, 0.3) is 0 Å². The molecule has 1 aliphatic rings. The normalized spacial score (nSPS) is 14.2. The lowest BCUT2D eigenvalue weighted by Gasteiger charge is -2.18. The number of halogens is 2. The van der Waals surface area contributed by atoms with E-state index in [9.17, 15) is 8.78 Å². The van der Waals surface area contributed by atoms with Gasteiger partial charge in [-0.1, -0.05) is 36.0 Å². The monoisotopic (exact) mass is 371 g/mol. The van der Waals surface area contributed by atoms with Gasteiger partial charge in [-0.2, -0.15) is 0 Å². The Morgan fingerprint density at radius 1 is 0.962 bits per heavy atom. The largest absolute Gasteiger partial charge is 0.306 e. The van der Waals surface area contributed by atoms with Crippen molar-refractivity contribution < 1.29 is 8.78 Å². The van der Waals surface area contributed by atoms with Crippen molar-refractivity contribution in [1.82, 2.24) is 14.8 Å². The molecule has 0 bridgehead atoms. The second-order valence-electron chi connectivity index (χ2n) is 6.46. The first-order valence-corrected chi connectivity index (χ1v) is 9.64. The molecular weight excluding hydrogens is 352 g/mol. The van der Waals surface area contributed by atoms with Crippen molar-refractivity contribution in [2.24, 2.45) is 0 Å². The van der Waals surface area contributed by atoms with Crippen LogP contribution in [-0.2, 0) is 6.54 Å². The maximum Gasteiger partial charge on any atom is 0.192 e. The average Bonchev–Trinajstić information content (AvgIpc) is 3.42. The third-order valence-corrected chi connectivity index (χ3v) is 5.87. The summed E-state index contributed by atoms with van der Waals surface area (Å²) in [7, 11) is 0. The predicted molar refractivity (Wildman–Crippen MR) is 98.2 cm³/mol. The lowest BCUT2D eigenvalue weighted by atomic mass is 10.0. The molecule has 1 heterocycles. The van der Waals surface area contributed by atoms with E-state index in [1.165, 1.54) is 37.1 Å². The van der Waals surface area contributed by atoms with Crippen molar-refractivity contribution in [3.63, 3.8) is 0 Å². The number of nitrogens with zero attached hydrogens (tertiary/aromatic N) is 3. The highest BCUT2D eigenvalue weighted by atomic mass is 32.2. The van der Waals surface area contributed by atoms with E-state index in [0.29, 0.717) is 5.92 Å². The van der Waals surface area contributed by atoms with E-state index in [-0.39, 0.29) is 16.9 Å². The fraction of sp³-hybridized carbons (Fsp3) is 0.300. The Bertz CT molecular complexity index is 841. The summed E-state index contributed by atoms with van der Waals surface area (Å²) in [6.07, 6.45) is 2.34. The minimum Gasteiger partial charge on any atom is -0.306 e. The second kappa shape index (κ2) is 7.19. The summed E-state index contributed by atoms with van der Waals surface area (Å²) in [5, 5.41) is 9.52. The van der Waals surface area contributed by atoms with E-state index >= 15 is 0 Å². The van der Waals surface area contributed by atoms with Crippen molar-refractivity contribution in [3.8, 4) is 0 Å². The molecule has 0 N–H and O–H groups in total. The molecule has 0 unspecified atom stereocenters. The molecule has 4 rings (SSSR count). The predicted octanol–water partition coefficient (Wildman–Crippen LogP) is 5.34. The van der Waals surface area contributed by atoms with Crippen LogP contribution >= 0.6 is 11.8 Å². The van der Waals surface area contributed by atoms with Crippen LogP contribution < -0.4 is 0 Å². The van der Waals surface area contributed by atoms with Crippen LogP contribution in [0.5, 0.6) is 0 Å². The Morgan fingerprint density at radius 3 is 1.96 bits per heavy atom. The summed E-state index contributed by atoms with van der Waals surface area (Å²) in [5.41, 5.74) is 1.89. The van der Waals surface area contributed by atoms with Crippen molar-refractivity contribution >= 4 is 11.8 Å². The molecule has 3 nitrogen and oxygen atoms in total. The van der Waals surface area contributed by atoms with Crippen LogP contribution in [0, 0.1) is 11.6 Å². The quantitative estimate of drug-likeness (QED) is 0.548. The van der Waals surface area contributed by atoms with Gasteiger partial charge in [-0.05, 0) is 55.2 Å². The maximum atomic E-state index is 13.4. The maximum absolute atomic E-state index is 13.4. The van der Waals surface area contributed by atoms with E-state index in [0.717, 1.165) is 28.7 Å². The fourth-order valence-electron chi connectivity index (χ4n) is 3.04. The Labute approximate surface area is 155 Å². The molecule has 0 radical (unpaired) electrons. The molecule has 2 aromatic carbocycles. The smallest absolute Gasteiger partial charge is 0.192 e. The third-order valence-electron chi connectivity index (χ3n) is 4.57. The summed E-state index contributed by atoms with van der Waals surface area (Å²) in [6.45, 7) is 2.89. The van der Waals surface area contributed by atoms with Gasteiger partial charge >= 0.3 is 0 Å². The number of benzene rings is 2. The minimum absolute atomic E-state index is 0.113. The molecule has 0 saturated heterocycles. The zero-order chi connectivity index (χ0) is 18.1. The molecule has 1 fully saturated rings. The summed E-state index contributed by atoms with van der Waals surface area (Å²) in [6, 6.07) is 12.9. The second-order valence-corrected chi connectivity index (χ2v) is 7.53. The third kappa shape index (κ3) is 3.51. The van der Waals surface area contributed by atoms with Gasteiger partial charge < -0.3 is 4.57 Å². The van der Waals surface area contributed by atoms with Crippen LogP contribution in [0.25, 0.3) is 0 Å². The first kappa shape index (κ1) is 17.2. The Kier molecular flexibility index (Phi) is 4.76. The van der Waals surface area contributed by atoms with Crippen LogP contribution in [0.1, 0.15) is 47.9 Å². The van der Waals surface area contributed by atoms with Crippen molar-refractivity contribution in [2.75, 3.05) is 0 Å². The highest BCUT2D eigenvalue weighted by molar-refractivity contribution is 7.99. The lowest BCUT2D eigenvalue weighted by Crippen LogP contribution is -2.04. The molecule has 1 saturated carbocycles. The fourth-order valence-corrected chi connectivity index (χ4v) is 4.27. The van der Waals surface area contributed by atoms with Gasteiger partial charge in [0, 0.05) is 12.5 Å². The van der Waals surface area contributed by atoms with Crippen LogP contribution in [0.2, 0.25) is 0 Å². The average molecular weight is 371 g/mol. The van der Waals surface area contributed by atoms with Gasteiger partial charge in [-0.25, -0.2) is 8.78 Å². The molecule has 6 heteroatoms.